The van der Waals surface area contributed by atoms with Gasteiger partial charge in [-0.1, -0.05) is 12.1 Å². The van der Waals surface area contributed by atoms with E-state index in [1.165, 1.54) is 6.07 Å². The van der Waals surface area contributed by atoms with E-state index in [9.17, 15) is 14.4 Å². The van der Waals surface area contributed by atoms with E-state index in [-0.39, 0.29) is 30.0 Å². The Morgan fingerprint density at radius 2 is 1.88 bits per heavy atom. The average molecular weight is 549 g/mol. The molecule has 5 rings (SSSR count). The Morgan fingerprint density at radius 3 is 2.60 bits per heavy atom. The third-order valence-electron chi connectivity index (χ3n) is 7.72. The lowest BCUT2D eigenvalue weighted by Crippen LogP contribution is -2.36. The van der Waals surface area contributed by atoms with E-state index in [0.717, 1.165) is 45.9 Å². The third kappa shape index (κ3) is 5.54. The molecule has 2 aromatic heterocycles. The molecule has 2 aromatic carbocycles. The van der Waals surface area contributed by atoms with Crippen molar-refractivity contribution in [2.45, 2.75) is 51.5 Å². The highest BCUT2D eigenvalue weighted by Gasteiger charge is 2.28. The van der Waals surface area contributed by atoms with Gasteiger partial charge in [0.2, 0.25) is 11.8 Å². The summed E-state index contributed by atoms with van der Waals surface area (Å²) >= 11 is 0. The van der Waals surface area contributed by atoms with E-state index in [2.05, 4.69) is 10.4 Å². The molecule has 40 heavy (non-hydrogen) atoms. The number of fused-ring (bicyclic) bond motifs is 2. The third-order valence-corrected chi connectivity index (χ3v) is 7.72. The normalized spacial score (nSPS) is 14.2. The van der Waals surface area contributed by atoms with Crippen LogP contribution >= 0.6 is 0 Å². The molecule has 1 aliphatic rings. The fraction of sp³-hybridized carbons (Fsp3) is 0.414. The van der Waals surface area contributed by atoms with Crippen molar-refractivity contribution in [1.29, 1.82) is 0 Å². The van der Waals surface area contributed by atoms with Crippen molar-refractivity contribution in [1.82, 2.24) is 29.8 Å². The maximum Gasteiger partial charge on any atom is 0.322 e. The summed E-state index contributed by atoms with van der Waals surface area (Å²) in [5, 5.41) is 22.1. The highest BCUT2D eigenvalue weighted by Crippen LogP contribution is 2.39. The molecule has 0 aliphatic carbocycles. The minimum Gasteiger partial charge on any atom is -0.480 e. The number of nitrogens with zero attached hydrogens (tertiary/aromatic N) is 5. The maximum atomic E-state index is 15.5. The molecule has 210 valence electrons. The molecular formula is C29H33FN6O4. The first kappa shape index (κ1) is 27.3. The van der Waals surface area contributed by atoms with Gasteiger partial charge in [-0.05, 0) is 49.4 Å². The Hall–Kier alpha value is -4.28. The van der Waals surface area contributed by atoms with Crippen molar-refractivity contribution in [3.63, 3.8) is 0 Å². The molecule has 0 radical (unpaired) electrons. The summed E-state index contributed by atoms with van der Waals surface area (Å²) in [4.78, 5) is 36.4. The van der Waals surface area contributed by atoms with E-state index in [4.69, 9.17) is 10.2 Å². The van der Waals surface area contributed by atoms with Gasteiger partial charge >= 0.3 is 5.97 Å². The number of halogens is 1. The van der Waals surface area contributed by atoms with Crippen molar-refractivity contribution in [3.05, 3.63) is 48.0 Å². The Balaban J connectivity index is 1.49. The molecule has 1 aliphatic heterocycles. The second-order valence-electron chi connectivity index (χ2n) is 10.4. The number of aliphatic carboxylic acids is 1. The summed E-state index contributed by atoms with van der Waals surface area (Å²) in [6.45, 7) is 3.05. The number of hydrogen-bond acceptors (Lipinski definition) is 5. The van der Waals surface area contributed by atoms with E-state index in [0.29, 0.717) is 38.0 Å². The van der Waals surface area contributed by atoms with Gasteiger partial charge in [-0.3, -0.25) is 23.7 Å². The van der Waals surface area contributed by atoms with Gasteiger partial charge in [0.25, 0.3) is 0 Å². The average Bonchev–Trinajstić information content (AvgIpc) is 3.49. The number of likely N-dealkylation sites (tertiary alicyclic amines) is 1. The summed E-state index contributed by atoms with van der Waals surface area (Å²) < 4.78 is 19.2. The standard InChI is InChI=1S/C29H33FN6O4/c1-18(37)35-12-9-19(10-13-35)29-28-21(22-15-25-20(14-23(22)30)16-32-34(25)2)6-5-7-24(28)36(33-29)11-4-3-8-26(38)31-17-27(39)40/h5-7,14-16,19H,3-4,8-13,17H2,1-2H3,(H,31,38)(H,39,40). The molecule has 2 amide bonds. The monoisotopic (exact) mass is 548 g/mol. The van der Waals surface area contributed by atoms with Crippen LogP contribution in [0.2, 0.25) is 0 Å². The van der Waals surface area contributed by atoms with Gasteiger partial charge < -0.3 is 15.3 Å². The van der Waals surface area contributed by atoms with Gasteiger partial charge in [0.05, 0.1) is 22.9 Å². The number of carboxylic acids is 1. The summed E-state index contributed by atoms with van der Waals surface area (Å²) in [6, 6.07) is 9.17. The largest absolute Gasteiger partial charge is 0.480 e. The number of unbranched alkanes of at least 4 members (excludes halogenated alkanes) is 1. The summed E-state index contributed by atoms with van der Waals surface area (Å²) in [7, 11) is 1.83. The first-order chi connectivity index (χ1) is 19.2. The summed E-state index contributed by atoms with van der Waals surface area (Å²) in [5.74, 6) is -1.52. The van der Waals surface area contributed by atoms with Crippen LogP contribution in [0, 0.1) is 5.82 Å². The molecule has 0 bridgehead atoms. The molecule has 1 saturated heterocycles. The number of hydrogen-bond donors (Lipinski definition) is 2. The minimum absolute atomic E-state index is 0.0634. The summed E-state index contributed by atoms with van der Waals surface area (Å²) in [5.41, 5.74) is 3.87. The van der Waals surface area contributed by atoms with Crippen LogP contribution in [0.15, 0.2) is 36.5 Å². The summed E-state index contributed by atoms with van der Waals surface area (Å²) in [6.07, 6.45) is 4.66. The van der Waals surface area contributed by atoms with Crippen molar-refractivity contribution in [2.24, 2.45) is 7.05 Å². The zero-order chi connectivity index (χ0) is 28.4. The van der Waals surface area contributed by atoms with Crippen LogP contribution in [-0.4, -0.2) is 67.0 Å². The van der Waals surface area contributed by atoms with Crippen LogP contribution < -0.4 is 5.32 Å². The van der Waals surface area contributed by atoms with E-state index < -0.39 is 12.5 Å². The van der Waals surface area contributed by atoms with Crippen LogP contribution in [0.3, 0.4) is 0 Å². The zero-order valence-corrected chi connectivity index (χ0v) is 22.7. The van der Waals surface area contributed by atoms with Gasteiger partial charge in [0, 0.05) is 62.3 Å². The van der Waals surface area contributed by atoms with E-state index >= 15 is 4.39 Å². The van der Waals surface area contributed by atoms with Gasteiger partial charge in [-0.2, -0.15) is 10.2 Å². The van der Waals surface area contributed by atoms with Gasteiger partial charge in [-0.15, -0.1) is 0 Å². The van der Waals surface area contributed by atoms with Crippen LogP contribution in [0.25, 0.3) is 32.9 Å². The van der Waals surface area contributed by atoms with Crippen LogP contribution in [0.5, 0.6) is 0 Å². The number of nitrogens with one attached hydrogen (secondary N) is 1. The van der Waals surface area contributed by atoms with Crippen LogP contribution in [-0.2, 0) is 28.0 Å². The number of carboxylic acid groups (broad SMARTS) is 1. The number of carbonyl (C=O) groups excluding carboxylic acids is 2. The van der Waals surface area contributed by atoms with Gasteiger partial charge in [-0.25, -0.2) is 4.39 Å². The molecule has 0 atom stereocenters. The highest BCUT2D eigenvalue weighted by molar-refractivity contribution is 5.99. The molecule has 0 unspecified atom stereocenters. The number of aromatic nitrogens is 4. The molecule has 0 saturated carbocycles. The maximum absolute atomic E-state index is 15.5. The Kier molecular flexibility index (Phi) is 7.81. The molecule has 11 heteroatoms. The van der Waals surface area contributed by atoms with Crippen molar-refractivity contribution in [3.8, 4) is 11.1 Å². The molecular weight excluding hydrogens is 515 g/mol. The Morgan fingerprint density at radius 1 is 1.10 bits per heavy atom. The molecule has 10 nitrogen and oxygen atoms in total. The topological polar surface area (TPSA) is 122 Å². The first-order valence-electron chi connectivity index (χ1n) is 13.6. The lowest BCUT2D eigenvalue weighted by molar-refractivity contribution is -0.138. The minimum atomic E-state index is -1.08. The second kappa shape index (κ2) is 11.4. The molecule has 3 heterocycles. The first-order valence-corrected chi connectivity index (χ1v) is 13.6. The van der Waals surface area contributed by atoms with Crippen molar-refractivity contribution in [2.75, 3.05) is 19.6 Å². The van der Waals surface area contributed by atoms with Crippen LogP contribution in [0.4, 0.5) is 4.39 Å². The second-order valence-corrected chi connectivity index (χ2v) is 10.4. The quantitative estimate of drug-likeness (QED) is 0.307. The lowest BCUT2D eigenvalue weighted by atomic mass is 9.89. The lowest BCUT2D eigenvalue weighted by Gasteiger charge is -2.30. The zero-order valence-electron chi connectivity index (χ0n) is 22.7. The predicted molar refractivity (Wildman–Crippen MR) is 148 cm³/mol. The fourth-order valence-corrected chi connectivity index (χ4v) is 5.59. The van der Waals surface area contributed by atoms with E-state index in [1.807, 2.05) is 40.9 Å². The number of benzene rings is 2. The Bertz CT molecular complexity index is 1580. The number of aryl methyl sites for hydroxylation is 2. The number of piperidine rings is 1. The van der Waals surface area contributed by atoms with Crippen molar-refractivity contribution < 1.29 is 23.9 Å². The predicted octanol–water partition coefficient (Wildman–Crippen LogP) is 3.83. The van der Waals surface area contributed by atoms with E-state index in [1.54, 1.807) is 17.8 Å². The SMILES string of the molecule is CC(=O)N1CCC(c2nn(CCCCC(=O)NCC(=O)O)c3cccc(-c4cc5c(cnn5C)cc4F)c23)CC1. The fourth-order valence-electron chi connectivity index (χ4n) is 5.59. The molecule has 2 N–H and O–H groups in total. The highest BCUT2D eigenvalue weighted by atomic mass is 19.1. The van der Waals surface area contributed by atoms with Gasteiger partial charge in [0.1, 0.15) is 12.4 Å². The number of amides is 2. The Labute approximate surface area is 230 Å². The molecule has 0 spiro atoms. The smallest absolute Gasteiger partial charge is 0.322 e. The number of carbonyl (C=O) groups is 3. The molecule has 1 fully saturated rings. The van der Waals surface area contributed by atoms with Gasteiger partial charge in [0.15, 0.2) is 0 Å². The van der Waals surface area contributed by atoms with Crippen molar-refractivity contribution >= 4 is 39.6 Å². The number of rotatable bonds is 9. The van der Waals surface area contributed by atoms with Crippen LogP contribution in [0.1, 0.15) is 50.6 Å². The molecule has 4 aromatic rings.